The molecule has 16 heavy (non-hydrogen) atoms. The Labute approximate surface area is 98.1 Å². The molecule has 94 valence electrons. The Bertz CT molecular complexity index is 333. The number of nitrogens with zero attached hydrogens (tertiary/aromatic N) is 1. The highest BCUT2D eigenvalue weighted by molar-refractivity contribution is 7.90. The molecule has 0 aliphatic rings. The molecule has 6 heteroatoms. The van der Waals surface area contributed by atoms with E-state index in [9.17, 15) is 8.42 Å². The molecule has 0 aromatic heterocycles. The van der Waals surface area contributed by atoms with Gasteiger partial charge in [0.2, 0.25) is 10.0 Å². The Balaban J connectivity index is 5.02. The lowest BCUT2D eigenvalue weighted by molar-refractivity contribution is 0.362. The maximum atomic E-state index is 11.9. The summed E-state index contributed by atoms with van der Waals surface area (Å²) < 4.78 is 26.4. The van der Waals surface area contributed by atoms with Crippen molar-refractivity contribution >= 4 is 10.0 Å². The predicted molar refractivity (Wildman–Crippen MR) is 64.1 cm³/mol. The summed E-state index contributed by atoms with van der Waals surface area (Å²) in [7, 11) is -3.61. The first-order valence-corrected chi connectivity index (χ1v) is 7.08. The minimum Gasteiger partial charge on any atom is -0.329 e. The number of hydrogen-bond acceptors (Lipinski definition) is 4. The molecule has 3 N–H and O–H groups in total. The maximum absolute atomic E-state index is 11.9. The van der Waals surface area contributed by atoms with Crippen LogP contribution in [0.4, 0.5) is 0 Å². The van der Waals surface area contributed by atoms with E-state index in [4.69, 9.17) is 11.0 Å². The van der Waals surface area contributed by atoms with E-state index < -0.39 is 20.8 Å². The first-order valence-electron chi connectivity index (χ1n) is 5.53. The topological polar surface area (TPSA) is 96.0 Å². The first-order chi connectivity index (χ1) is 7.41. The van der Waals surface area contributed by atoms with Crippen LogP contribution >= 0.6 is 0 Å². The normalized spacial score (nSPS) is 14.4. The molecule has 0 heterocycles. The zero-order valence-electron chi connectivity index (χ0n) is 10.2. The second kappa shape index (κ2) is 6.18. The summed E-state index contributed by atoms with van der Waals surface area (Å²) >= 11 is 0. The third-order valence-electron chi connectivity index (χ3n) is 2.99. The molecule has 1 atom stereocenters. The van der Waals surface area contributed by atoms with Crippen LogP contribution in [0.3, 0.4) is 0 Å². The summed E-state index contributed by atoms with van der Waals surface area (Å²) in [4.78, 5) is 0. The zero-order valence-corrected chi connectivity index (χ0v) is 11.0. The highest BCUT2D eigenvalue weighted by atomic mass is 32.2. The summed E-state index contributed by atoms with van der Waals surface area (Å²) in [6, 6.07) is 1.80. The number of nitriles is 1. The van der Waals surface area contributed by atoms with Crippen molar-refractivity contribution in [3.8, 4) is 6.07 Å². The average Bonchev–Trinajstić information content (AvgIpc) is 2.27. The van der Waals surface area contributed by atoms with Gasteiger partial charge < -0.3 is 5.73 Å². The molecular weight excluding hydrogens is 226 g/mol. The van der Waals surface area contributed by atoms with Gasteiger partial charge in [0.05, 0.1) is 6.07 Å². The molecular formula is C10H21N3O2S. The van der Waals surface area contributed by atoms with E-state index >= 15 is 0 Å². The fourth-order valence-electron chi connectivity index (χ4n) is 1.48. The average molecular weight is 247 g/mol. The molecule has 1 unspecified atom stereocenters. The third kappa shape index (κ3) is 3.44. The summed E-state index contributed by atoms with van der Waals surface area (Å²) in [6.45, 7) is 5.68. The van der Waals surface area contributed by atoms with Crippen LogP contribution in [0.25, 0.3) is 0 Å². The number of rotatable bonds is 7. The standard InChI is InChI=1S/C10H21N3O2S/c1-4-9(7-11)16(14,15)13-10(5-2,6-3)8-12/h9,13H,4-6,8,12H2,1-3H3. The molecule has 0 aliphatic heterocycles. The van der Waals surface area contributed by atoms with Crippen molar-refractivity contribution in [2.24, 2.45) is 5.73 Å². The molecule has 5 nitrogen and oxygen atoms in total. The molecule has 0 saturated heterocycles. The lowest BCUT2D eigenvalue weighted by atomic mass is 9.95. The molecule has 0 spiro atoms. The van der Waals surface area contributed by atoms with Crippen LogP contribution in [0.5, 0.6) is 0 Å². The van der Waals surface area contributed by atoms with E-state index in [0.29, 0.717) is 12.8 Å². The molecule has 0 amide bonds. The van der Waals surface area contributed by atoms with Crippen molar-refractivity contribution < 1.29 is 8.42 Å². The SMILES string of the molecule is CCC(C#N)S(=O)(=O)NC(CC)(CC)CN. The highest BCUT2D eigenvalue weighted by Gasteiger charge is 2.33. The largest absolute Gasteiger partial charge is 0.329 e. The quantitative estimate of drug-likeness (QED) is 0.693. The van der Waals surface area contributed by atoms with Crippen LogP contribution in [-0.4, -0.2) is 25.8 Å². The van der Waals surface area contributed by atoms with Gasteiger partial charge in [-0.1, -0.05) is 20.8 Å². The van der Waals surface area contributed by atoms with E-state index in [2.05, 4.69) is 4.72 Å². The minimum atomic E-state index is -3.61. The first kappa shape index (κ1) is 15.4. The Hall–Kier alpha value is -0.640. The Morgan fingerprint density at radius 1 is 1.38 bits per heavy atom. The van der Waals surface area contributed by atoms with Gasteiger partial charge in [-0.15, -0.1) is 0 Å². The van der Waals surface area contributed by atoms with Crippen molar-refractivity contribution in [3.05, 3.63) is 0 Å². The molecule has 0 aliphatic carbocycles. The molecule has 0 bridgehead atoms. The van der Waals surface area contributed by atoms with Crippen LogP contribution in [-0.2, 0) is 10.0 Å². The molecule has 0 rings (SSSR count). The van der Waals surface area contributed by atoms with Gasteiger partial charge in [-0.05, 0) is 19.3 Å². The molecule has 0 fully saturated rings. The lowest BCUT2D eigenvalue weighted by Crippen LogP contribution is -2.54. The molecule has 0 aromatic carbocycles. The number of sulfonamides is 1. The van der Waals surface area contributed by atoms with Gasteiger partial charge in [-0.2, -0.15) is 5.26 Å². The highest BCUT2D eigenvalue weighted by Crippen LogP contribution is 2.17. The fourth-order valence-corrected chi connectivity index (χ4v) is 3.17. The van der Waals surface area contributed by atoms with Gasteiger partial charge >= 0.3 is 0 Å². The minimum absolute atomic E-state index is 0.237. The second-order valence-electron chi connectivity index (χ2n) is 3.86. The van der Waals surface area contributed by atoms with Crippen molar-refractivity contribution in [2.75, 3.05) is 6.54 Å². The van der Waals surface area contributed by atoms with E-state index in [1.54, 1.807) is 13.0 Å². The molecule has 0 aromatic rings. The predicted octanol–water partition coefficient (Wildman–Crippen LogP) is 0.725. The summed E-state index contributed by atoms with van der Waals surface area (Å²) in [5.74, 6) is 0. The Morgan fingerprint density at radius 2 is 1.88 bits per heavy atom. The van der Waals surface area contributed by atoms with Gasteiger partial charge in [0.25, 0.3) is 0 Å². The van der Waals surface area contributed by atoms with Crippen LogP contribution in [0.15, 0.2) is 0 Å². The van der Waals surface area contributed by atoms with Gasteiger partial charge in [0, 0.05) is 12.1 Å². The molecule has 0 saturated carbocycles. The Kier molecular flexibility index (Phi) is 5.94. The Morgan fingerprint density at radius 3 is 2.12 bits per heavy atom. The summed E-state index contributed by atoms with van der Waals surface area (Å²) in [5, 5.41) is 7.77. The smallest absolute Gasteiger partial charge is 0.228 e. The maximum Gasteiger partial charge on any atom is 0.228 e. The van der Waals surface area contributed by atoms with Gasteiger partial charge in [0.15, 0.2) is 5.25 Å². The number of nitrogens with one attached hydrogen (secondary N) is 1. The molecule has 0 radical (unpaired) electrons. The number of nitrogens with two attached hydrogens (primary N) is 1. The second-order valence-corrected chi connectivity index (χ2v) is 5.73. The van der Waals surface area contributed by atoms with Gasteiger partial charge in [0.1, 0.15) is 0 Å². The van der Waals surface area contributed by atoms with E-state index in [1.165, 1.54) is 0 Å². The van der Waals surface area contributed by atoms with E-state index in [0.717, 1.165) is 0 Å². The van der Waals surface area contributed by atoms with Crippen LogP contribution in [0, 0.1) is 11.3 Å². The summed E-state index contributed by atoms with van der Waals surface area (Å²) in [5.41, 5.74) is 4.99. The van der Waals surface area contributed by atoms with Crippen molar-refractivity contribution in [1.29, 1.82) is 5.26 Å². The fraction of sp³-hybridized carbons (Fsp3) is 0.900. The number of hydrogen-bond donors (Lipinski definition) is 2. The monoisotopic (exact) mass is 247 g/mol. The van der Waals surface area contributed by atoms with E-state index in [1.807, 2.05) is 13.8 Å². The van der Waals surface area contributed by atoms with Crippen molar-refractivity contribution in [2.45, 2.75) is 50.8 Å². The lowest BCUT2D eigenvalue weighted by Gasteiger charge is -2.31. The van der Waals surface area contributed by atoms with Gasteiger partial charge in [-0.25, -0.2) is 13.1 Å². The van der Waals surface area contributed by atoms with Crippen LogP contribution in [0.2, 0.25) is 0 Å². The van der Waals surface area contributed by atoms with Crippen molar-refractivity contribution in [3.63, 3.8) is 0 Å². The third-order valence-corrected chi connectivity index (χ3v) is 4.90. The van der Waals surface area contributed by atoms with Crippen LogP contribution in [0.1, 0.15) is 40.0 Å². The van der Waals surface area contributed by atoms with E-state index in [-0.39, 0.29) is 13.0 Å². The van der Waals surface area contributed by atoms with Crippen LogP contribution < -0.4 is 10.5 Å². The van der Waals surface area contributed by atoms with Crippen molar-refractivity contribution in [1.82, 2.24) is 4.72 Å². The van der Waals surface area contributed by atoms with Gasteiger partial charge in [-0.3, -0.25) is 0 Å². The summed E-state index contributed by atoms with van der Waals surface area (Å²) in [6.07, 6.45) is 1.50. The zero-order chi connectivity index (χ0) is 12.8.